The van der Waals surface area contributed by atoms with E-state index in [1.165, 1.54) is 51.6 Å². The van der Waals surface area contributed by atoms with Gasteiger partial charge in [0.15, 0.2) is 5.96 Å². The fourth-order valence-electron chi connectivity index (χ4n) is 3.92. The molecule has 140 valence electrons. The van der Waals surface area contributed by atoms with Gasteiger partial charge in [-0.05, 0) is 53.5 Å². The maximum Gasteiger partial charge on any atom is 0.191 e. The van der Waals surface area contributed by atoms with Crippen LogP contribution < -0.4 is 10.6 Å². The molecule has 24 heavy (non-hydrogen) atoms. The average molecular weight is 338 g/mol. The average Bonchev–Trinajstić information content (AvgIpc) is 3.10. The second kappa shape index (κ2) is 10.2. The van der Waals surface area contributed by atoms with Crippen LogP contribution in [-0.4, -0.2) is 73.7 Å². The minimum atomic E-state index is 0.561. The predicted molar refractivity (Wildman–Crippen MR) is 104 cm³/mol. The van der Waals surface area contributed by atoms with Crippen LogP contribution >= 0.6 is 0 Å². The lowest BCUT2D eigenvalue weighted by Gasteiger charge is -2.35. The first kappa shape index (κ1) is 19.5. The molecular weight excluding hydrogens is 298 g/mol. The van der Waals surface area contributed by atoms with Crippen LogP contribution in [0, 0.1) is 0 Å². The molecule has 0 bridgehead atoms. The number of likely N-dealkylation sites (tertiary alicyclic amines) is 1. The van der Waals surface area contributed by atoms with Crippen LogP contribution in [0.25, 0.3) is 0 Å². The minimum Gasteiger partial charge on any atom is -0.357 e. The lowest BCUT2D eigenvalue weighted by Crippen LogP contribution is -2.50. The number of hydrogen-bond donors (Lipinski definition) is 2. The van der Waals surface area contributed by atoms with E-state index in [0.717, 1.165) is 31.6 Å². The molecule has 1 aliphatic carbocycles. The third kappa shape index (κ3) is 6.25. The van der Waals surface area contributed by atoms with Crippen LogP contribution in [0.1, 0.15) is 59.3 Å². The van der Waals surface area contributed by atoms with Crippen LogP contribution in [0.15, 0.2) is 4.99 Å². The Kier molecular flexibility index (Phi) is 8.33. The normalized spacial score (nSPS) is 21.8. The number of rotatable bonds is 7. The number of likely N-dealkylation sites (N-methyl/N-ethyl adjacent to an activating group) is 1. The van der Waals surface area contributed by atoms with Crippen molar-refractivity contribution in [1.82, 2.24) is 20.4 Å². The number of nitrogens with one attached hydrogen (secondary N) is 2. The molecule has 0 spiro atoms. The maximum atomic E-state index is 4.81. The predicted octanol–water partition coefficient (Wildman–Crippen LogP) is 2.29. The highest BCUT2D eigenvalue weighted by atomic mass is 15.2. The summed E-state index contributed by atoms with van der Waals surface area (Å²) < 4.78 is 0. The zero-order valence-corrected chi connectivity index (χ0v) is 16.4. The van der Waals surface area contributed by atoms with Crippen molar-refractivity contribution in [3.63, 3.8) is 0 Å². The molecule has 5 heteroatoms. The van der Waals surface area contributed by atoms with Crippen molar-refractivity contribution in [1.29, 1.82) is 0 Å². The summed E-state index contributed by atoms with van der Waals surface area (Å²) in [5, 5.41) is 7.07. The first-order chi connectivity index (χ1) is 11.6. The number of piperidine rings is 1. The zero-order valence-electron chi connectivity index (χ0n) is 16.4. The molecule has 2 fully saturated rings. The van der Waals surface area contributed by atoms with E-state index in [2.05, 4.69) is 48.3 Å². The van der Waals surface area contributed by atoms with E-state index in [4.69, 9.17) is 4.99 Å². The third-order valence-electron chi connectivity index (χ3n) is 5.62. The van der Waals surface area contributed by atoms with Crippen LogP contribution in [0.3, 0.4) is 0 Å². The van der Waals surface area contributed by atoms with Crippen molar-refractivity contribution < 1.29 is 0 Å². The molecule has 0 amide bonds. The quantitative estimate of drug-likeness (QED) is 0.552. The Hall–Kier alpha value is -0.810. The molecule has 2 rings (SSSR count). The van der Waals surface area contributed by atoms with Gasteiger partial charge in [0.05, 0.1) is 6.54 Å². The Morgan fingerprint density at radius 3 is 2.42 bits per heavy atom. The van der Waals surface area contributed by atoms with E-state index in [0.29, 0.717) is 12.1 Å². The van der Waals surface area contributed by atoms with Crippen LogP contribution in [0.4, 0.5) is 0 Å². The van der Waals surface area contributed by atoms with Gasteiger partial charge in [-0.3, -0.25) is 4.99 Å². The Balaban J connectivity index is 1.74. The van der Waals surface area contributed by atoms with Crippen molar-refractivity contribution in [2.24, 2.45) is 4.99 Å². The fraction of sp³-hybridized carbons (Fsp3) is 0.947. The Labute approximate surface area is 149 Å². The topological polar surface area (TPSA) is 42.9 Å². The van der Waals surface area contributed by atoms with Crippen molar-refractivity contribution in [2.75, 3.05) is 39.8 Å². The molecular formula is C19H39N5. The molecule has 0 unspecified atom stereocenters. The summed E-state index contributed by atoms with van der Waals surface area (Å²) in [6.45, 7) is 12.0. The van der Waals surface area contributed by atoms with Crippen molar-refractivity contribution in [2.45, 2.75) is 77.4 Å². The summed E-state index contributed by atoms with van der Waals surface area (Å²) in [7, 11) is 2.26. The number of hydrogen-bond acceptors (Lipinski definition) is 3. The van der Waals surface area contributed by atoms with Crippen LogP contribution in [-0.2, 0) is 0 Å². The van der Waals surface area contributed by atoms with Gasteiger partial charge in [-0.15, -0.1) is 0 Å². The van der Waals surface area contributed by atoms with Gasteiger partial charge in [-0.25, -0.2) is 0 Å². The standard InChI is InChI=1S/C19H39N5/c1-5-20-19(21-12-15-23(4)18-8-6-7-9-18)22-17-10-13-24(14-11-17)16(2)3/h16-18H,5-15H2,1-4H3,(H2,20,21,22). The molecule has 1 saturated heterocycles. The fourth-order valence-corrected chi connectivity index (χ4v) is 3.92. The second-order valence-corrected chi connectivity index (χ2v) is 7.73. The van der Waals surface area contributed by atoms with Gasteiger partial charge in [0.2, 0.25) is 0 Å². The van der Waals surface area contributed by atoms with E-state index in [-0.39, 0.29) is 0 Å². The van der Waals surface area contributed by atoms with Crippen molar-refractivity contribution >= 4 is 5.96 Å². The highest BCUT2D eigenvalue weighted by molar-refractivity contribution is 5.80. The summed E-state index contributed by atoms with van der Waals surface area (Å²) in [5.74, 6) is 1.00. The van der Waals surface area contributed by atoms with E-state index >= 15 is 0 Å². The molecule has 0 aromatic carbocycles. The molecule has 1 aliphatic heterocycles. The summed E-state index contributed by atoms with van der Waals surface area (Å²) in [6.07, 6.45) is 7.96. The zero-order chi connectivity index (χ0) is 17.4. The largest absolute Gasteiger partial charge is 0.357 e. The Morgan fingerprint density at radius 1 is 1.17 bits per heavy atom. The Bertz CT molecular complexity index is 368. The summed E-state index contributed by atoms with van der Waals surface area (Å²) >= 11 is 0. The van der Waals surface area contributed by atoms with E-state index in [1.807, 2.05) is 0 Å². The minimum absolute atomic E-state index is 0.561. The first-order valence-corrected chi connectivity index (χ1v) is 10.1. The lowest BCUT2D eigenvalue weighted by molar-refractivity contribution is 0.167. The highest BCUT2D eigenvalue weighted by Crippen LogP contribution is 2.21. The van der Waals surface area contributed by atoms with E-state index in [9.17, 15) is 0 Å². The second-order valence-electron chi connectivity index (χ2n) is 7.73. The molecule has 0 atom stereocenters. The van der Waals surface area contributed by atoms with Crippen molar-refractivity contribution in [3.8, 4) is 0 Å². The van der Waals surface area contributed by atoms with E-state index < -0.39 is 0 Å². The van der Waals surface area contributed by atoms with Crippen LogP contribution in [0.2, 0.25) is 0 Å². The van der Waals surface area contributed by atoms with Gasteiger partial charge in [0, 0.05) is 44.3 Å². The van der Waals surface area contributed by atoms with Gasteiger partial charge in [-0.1, -0.05) is 12.8 Å². The van der Waals surface area contributed by atoms with Gasteiger partial charge in [0.25, 0.3) is 0 Å². The summed E-state index contributed by atoms with van der Waals surface area (Å²) in [5.41, 5.74) is 0. The number of guanidine groups is 1. The monoisotopic (exact) mass is 337 g/mol. The molecule has 1 saturated carbocycles. The van der Waals surface area contributed by atoms with Crippen molar-refractivity contribution in [3.05, 3.63) is 0 Å². The smallest absolute Gasteiger partial charge is 0.191 e. The molecule has 0 aromatic rings. The van der Waals surface area contributed by atoms with Gasteiger partial charge in [0.1, 0.15) is 0 Å². The van der Waals surface area contributed by atoms with Crippen LogP contribution in [0.5, 0.6) is 0 Å². The molecule has 0 radical (unpaired) electrons. The number of aliphatic imine (C=N–C) groups is 1. The third-order valence-corrected chi connectivity index (χ3v) is 5.62. The Morgan fingerprint density at radius 2 is 1.83 bits per heavy atom. The first-order valence-electron chi connectivity index (χ1n) is 10.1. The van der Waals surface area contributed by atoms with Gasteiger partial charge < -0.3 is 20.4 Å². The lowest BCUT2D eigenvalue weighted by atomic mass is 10.0. The summed E-state index contributed by atoms with van der Waals surface area (Å²) in [4.78, 5) is 9.88. The molecule has 0 aromatic heterocycles. The number of nitrogens with zero attached hydrogens (tertiary/aromatic N) is 3. The SMILES string of the molecule is CCNC(=NCCN(C)C1CCCC1)NC1CCN(C(C)C)CC1. The molecule has 1 heterocycles. The maximum absolute atomic E-state index is 4.81. The highest BCUT2D eigenvalue weighted by Gasteiger charge is 2.21. The molecule has 2 aliphatic rings. The summed E-state index contributed by atoms with van der Waals surface area (Å²) in [6, 6.07) is 2.01. The van der Waals surface area contributed by atoms with Gasteiger partial charge >= 0.3 is 0 Å². The van der Waals surface area contributed by atoms with Gasteiger partial charge in [-0.2, -0.15) is 0 Å². The van der Waals surface area contributed by atoms with E-state index in [1.54, 1.807) is 0 Å². The molecule has 5 nitrogen and oxygen atoms in total. The molecule has 2 N–H and O–H groups in total.